The van der Waals surface area contributed by atoms with Crippen molar-refractivity contribution >= 4 is 22.4 Å². The van der Waals surface area contributed by atoms with Crippen molar-refractivity contribution in [2.24, 2.45) is 0 Å². The second kappa shape index (κ2) is 7.18. The summed E-state index contributed by atoms with van der Waals surface area (Å²) in [5.74, 6) is 0.873. The maximum atomic E-state index is 13.3. The lowest BCUT2D eigenvalue weighted by molar-refractivity contribution is -0.116. The fraction of sp³-hybridized carbons (Fsp3) is 0.0833. The molecule has 0 bridgehead atoms. The molecule has 29 heavy (non-hydrogen) atoms. The van der Waals surface area contributed by atoms with E-state index in [0.717, 1.165) is 22.4 Å². The first-order valence-electron chi connectivity index (χ1n) is 9.38. The normalized spacial score (nSPS) is 12.6. The Balaban J connectivity index is 1.45. The summed E-state index contributed by atoms with van der Waals surface area (Å²) in [4.78, 5) is 17.9. The lowest BCUT2D eigenvalue weighted by Gasteiger charge is -2.27. The van der Waals surface area contributed by atoms with Gasteiger partial charge in [-0.25, -0.2) is 4.98 Å². The third kappa shape index (κ3) is 3.30. The molecule has 142 valence electrons. The number of thiazole rings is 1. The Kier molecular flexibility index (Phi) is 4.37. The Hall–Kier alpha value is -3.44. The first kappa shape index (κ1) is 17.6. The first-order chi connectivity index (χ1) is 14.2. The number of carbonyl (C=O) groups is 1. The Morgan fingerprint density at radius 3 is 2.21 bits per heavy atom. The standard InChI is InChI=1S/C24H18N2O2S/c1-15-10-12-16(13-11-15)19-14-29-24(25-19)26-23(27)22-17-6-2-4-8-20(17)28-21-9-5-3-7-18(21)22/h2-14,22H,1H3,(H,25,26,27). The summed E-state index contributed by atoms with van der Waals surface area (Å²) in [5.41, 5.74) is 4.82. The molecule has 0 fully saturated rings. The summed E-state index contributed by atoms with van der Waals surface area (Å²) < 4.78 is 5.99. The number of fused-ring (bicyclic) bond motifs is 2. The van der Waals surface area contributed by atoms with Crippen LogP contribution in [0.1, 0.15) is 22.6 Å². The molecule has 5 heteroatoms. The van der Waals surface area contributed by atoms with Crippen LogP contribution in [-0.2, 0) is 4.79 Å². The molecule has 1 N–H and O–H groups in total. The highest BCUT2D eigenvalue weighted by atomic mass is 32.1. The fourth-order valence-electron chi connectivity index (χ4n) is 3.56. The van der Waals surface area contributed by atoms with Gasteiger partial charge >= 0.3 is 0 Å². The molecule has 0 radical (unpaired) electrons. The van der Waals surface area contributed by atoms with E-state index in [-0.39, 0.29) is 5.91 Å². The van der Waals surface area contributed by atoms with Crippen LogP contribution in [0, 0.1) is 6.92 Å². The molecule has 0 saturated carbocycles. The largest absolute Gasteiger partial charge is 0.457 e. The number of para-hydroxylation sites is 2. The van der Waals surface area contributed by atoms with Crippen molar-refractivity contribution in [3.8, 4) is 22.8 Å². The van der Waals surface area contributed by atoms with E-state index in [4.69, 9.17) is 4.74 Å². The third-order valence-electron chi connectivity index (χ3n) is 5.02. The van der Waals surface area contributed by atoms with Gasteiger partial charge in [0.15, 0.2) is 5.13 Å². The van der Waals surface area contributed by atoms with Crippen LogP contribution in [0.15, 0.2) is 78.2 Å². The van der Waals surface area contributed by atoms with Gasteiger partial charge in [-0.2, -0.15) is 0 Å². The maximum Gasteiger partial charge on any atom is 0.238 e. The molecule has 4 nitrogen and oxygen atoms in total. The number of benzene rings is 3. The fourth-order valence-corrected chi connectivity index (χ4v) is 4.28. The molecule has 0 atom stereocenters. The van der Waals surface area contributed by atoms with Gasteiger partial charge in [-0.3, -0.25) is 4.79 Å². The van der Waals surface area contributed by atoms with E-state index in [9.17, 15) is 4.79 Å². The molecule has 4 aromatic rings. The van der Waals surface area contributed by atoms with Crippen molar-refractivity contribution in [3.63, 3.8) is 0 Å². The number of hydrogen-bond acceptors (Lipinski definition) is 4. The Labute approximate surface area is 172 Å². The van der Waals surface area contributed by atoms with E-state index in [1.54, 1.807) is 0 Å². The number of aryl methyl sites for hydroxylation is 1. The summed E-state index contributed by atoms with van der Waals surface area (Å²) in [6.07, 6.45) is 0. The van der Waals surface area contributed by atoms with Crippen LogP contribution >= 0.6 is 11.3 Å². The highest BCUT2D eigenvalue weighted by molar-refractivity contribution is 7.14. The summed E-state index contributed by atoms with van der Waals surface area (Å²) in [6.45, 7) is 2.06. The van der Waals surface area contributed by atoms with Gasteiger partial charge in [0, 0.05) is 22.1 Å². The van der Waals surface area contributed by atoms with E-state index in [1.165, 1.54) is 16.9 Å². The van der Waals surface area contributed by atoms with Crippen molar-refractivity contribution in [3.05, 3.63) is 94.9 Å². The predicted octanol–water partition coefficient (Wildman–Crippen LogP) is 5.99. The van der Waals surface area contributed by atoms with Crippen molar-refractivity contribution in [1.29, 1.82) is 0 Å². The Morgan fingerprint density at radius 1 is 0.931 bits per heavy atom. The molecular formula is C24H18N2O2S. The van der Waals surface area contributed by atoms with E-state index >= 15 is 0 Å². The van der Waals surface area contributed by atoms with Gasteiger partial charge in [0.25, 0.3) is 0 Å². The molecule has 1 aliphatic heterocycles. The number of anilines is 1. The average molecular weight is 398 g/mol. The number of carbonyl (C=O) groups excluding carboxylic acids is 1. The number of ether oxygens (including phenoxy) is 1. The van der Waals surface area contributed by atoms with Crippen LogP contribution in [0.3, 0.4) is 0 Å². The lowest BCUT2D eigenvalue weighted by atomic mass is 9.87. The highest BCUT2D eigenvalue weighted by Crippen LogP contribution is 2.44. The smallest absolute Gasteiger partial charge is 0.238 e. The van der Waals surface area contributed by atoms with Crippen LogP contribution < -0.4 is 10.1 Å². The predicted molar refractivity (Wildman–Crippen MR) is 116 cm³/mol. The molecular weight excluding hydrogens is 380 g/mol. The maximum absolute atomic E-state index is 13.3. The van der Waals surface area contributed by atoms with Crippen molar-refractivity contribution in [1.82, 2.24) is 4.98 Å². The molecule has 0 saturated heterocycles. The van der Waals surface area contributed by atoms with Crippen molar-refractivity contribution in [2.45, 2.75) is 12.8 Å². The monoisotopic (exact) mass is 398 g/mol. The van der Waals surface area contributed by atoms with Crippen LogP contribution in [-0.4, -0.2) is 10.9 Å². The average Bonchev–Trinajstić information content (AvgIpc) is 3.20. The topological polar surface area (TPSA) is 51.2 Å². The molecule has 2 heterocycles. The van der Waals surface area contributed by atoms with Crippen molar-refractivity contribution < 1.29 is 9.53 Å². The number of nitrogens with zero attached hydrogens (tertiary/aromatic N) is 1. The first-order valence-corrected chi connectivity index (χ1v) is 10.3. The van der Waals surface area contributed by atoms with Gasteiger partial charge in [0.1, 0.15) is 11.5 Å². The van der Waals surface area contributed by atoms with E-state index < -0.39 is 5.92 Å². The van der Waals surface area contributed by atoms with Crippen LogP contribution in [0.2, 0.25) is 0 Å². The van der Waals surface area contributed by atoms with Gasteiger partial charge in [0.05, 0.1) is 11.6 Å². The zero-order chi connectivity index (χ0) is 19.8. The van der Waals surface area contributed by atoms with Gasteiger partial charge in [0.2, 0.25) is 5.91 Å². The number of hydrogen-bond donors (Lipinski definition) is 1. The van der Waals surface area contributed by atoms with E-state index in [2.05, 4.69) is 29.4 Å². The van der Waals surface area contributed by atoms with Gasteiger partial charge in [-0.15, -0.1) is 11.3 Å². The summed E-state index contributed by atoms with van der Waals surface area (Å²) >= 11 is 1.43. The molecule has 0 spiro atoms. The minimum atomic E-state index is -0.442. The van der Waals surface area contributed by atoms with Gasteiger partial charge in [-0.05, 0) is 19.1 Å². The van der Waals surface area contributed by atoms with Crippen LogP contribution in [0.4, 0.5) is 5.13 Å². The molecule has 1 aliphatic rings. The van der Waals surface area contributed by atoms with Gasteiger partial charge in [-0.1, -0.05) is 66.2 Å². The number of aromatic nitrogens is 1. The number of nitrogens with one attached hydrogen (secondary N) is 1. The number of rotatable bonds is 3. The molecule has 3 aromatic carbocycles. The zero-order valence-corrected chi connectivity index (χ0v) is 16.6. The minimum absolute atomic E-state index is 0.113. The molecule has 1 aromatic heterocycles. The Morgan fingerprint density at radius 2 is 1.55 bits per heavy atom. The second-order valence-electron chi connectivity index (χ2n) is 7.00. The SMILES string of the molecule is Cc1ccc(-c2csc(NC(=O)C3c4ccccc4Oc4ccccc43)n2)cc1. The second-order valence-corrected chi connectivity index (χ2v) is 7.86. The Bertz CT molecular complexity index is 1150. The molecule has 5 rings (SSSR count). The lowest BCUT2D eigenvalue weighted by Crippen LogP contribution is -2.25. The summed E-state index contributed by atoms with van der Waals surface area (Å²) in [7, 11) is 0. The molecule has 1 amide bonds. The summed E-state index contributed by atoms with van der Waals surface area (Å²) in [6, 6.07) is 23.5. The van der Waals surface area contributed by atoms with Crippen molar-refractivity contribution in [2.75, 3.05) is 5.32 Å². The zero-order valence-electron chi connectivity index (χ0n) is 15.8. The van der Waals surface area contributed by atoms with Crippen LogP contribution in [0.25, 0.3) is 11.3 Å². The third-order valence-corrected chi connectivity index (χ3v) is 5.78. The van der Waals surface area contributed by atoms with E-state index in [0.29, 0.717) is 16.6 Å². The minimum Gasteiger partial charge on any atom is -0.457 e. The molecule has 0 aliphatic carbocycles. The highest BCUT2D eigenvalue weighted by Gasteiger charge is 2.32. The number of amides is 1. The van der Waals surface area contributed by atoms with Gasteiger partial charge < -0.3 is 10.1 Å². The van der Waals surface area contributed by atoms with E-state index in [1.807, 2.05) is 66.0 Å². The summed E-state index contributed by atoms with van der Waals surface area (Å²) in [5, 5.41) is 5.56. The van der Waals surface area contributed by atoms with Crippen LogP contribution in [0.5, 0.6) is 11.5 Å². The quantitative estimate of drug-likeness (QED) is 0.461. The molecule has 0 unspecified atom stereocenters.